The van der Waals surface area contributed by atoms with Gasteiger partial charge in [-0.25, -0.2) is 0 Å². The number of benzene rings is 1. The number of carbonyl (C=O) groups is 3. The van der Waals surface area contributed by atoms with Gasteiger partial charge in [0.05, 0.1) is 11.1 Å². The van der Waals surface area contributed by atoms with Crippen molar-refractivity contribution in [2.75, 3.05) is 0 Å². The number of aromatic nitrogens is 1. The van der Waals surface area contributed by atoms with E-state index >= 15 is 0 Å². The third-order valence-corrected chi connectivity index (χ3v) is 6.00. The molecule has 172 valence electrons. The molecule has 1 aliphatic carbocycles. The van der Waals surface area contributed by atoms with E-state index < -0.39 is 17.4 Å². The van der Waals surface area contributed by atoms with Gasteiger partial charge in [0.25, 0.3) is 5.91 Å². The van der Waals surface area contributed by atoms with Gasteiger partial charge >= 0.3 is 0 Å². The van der Waals surface area contributed by atoms with Crippen LogP contribution >= 0.6 is 11.6 Å². The third-order valence-electron chi connectivity index (χ3n) is 5.69. The lowest BCUT2D eigenvalue weighted by molar-refractivity contribution is -0.134. The van der Waals surface area contributed by atoms with Gasteiger partial charge < -0.3 is 14.9 Å². The van der Waals surface area contributed by atoms with Gasteiger partial charge in [0.2, 0.25) is 0 Å². The van der Waals surface area contributed by atoms with Crippen molar-refractivity contribution in [3.8, 4) is 5.75 Å². The van der Waals surface area contributed by atoms with Crippen LogP contribution in [0.25, 0.3) is 0 Å². The fourth-order valence-electron chi connectivity index (χ4n) is 3.75. The summed E-state index contributed by atoms with van der Waals surface area (Å²) in [6, 6.07) is 5.26. The van der Waals surface area contributed by atoms with E-state index in [0.29, 0.717) is 11.3 Å². The molecule has 1 saturated carbocycles. The Labute approximate surface area is 192 Å². The maximum Gasteiger partial charge on any atom is 0.274 e. The predicted octanol–water partition coefficient (Wildman–Crippen LogP) is 4.28. The van der Waals surface area contributed by atoms with Gasteiger partial charge in [-0.15, -0.1) is 0 Å². The first-order valence-corrected chi connectivity index (χ1v) is 11.1. The van der Waals surface area contributed by atoms with E-state index in [-0.39, 0.29) is 52.7 Å². The number of hydrogen-bond donors (Lipinski definition) is 2. The molecule has 1 aliphatic rings. The molecule has 2 atom stereocenters. The minimum atomic E-state index is -0.880. The van der Waals surface area contributed by atoms with Crippen LogP contribution in [0.2, 0.25) is 5.02 Å². The highest BCUT2D eigenvalue weighted by atomic mass is 35.5. The molecule has 32 heavy (non-hydrogen) atoms. The van der Waals surface area contributed by atoms with E-state index in [1.54, 1.807) is 19.1 Å². The molecule has 7 nitrogen and oxygen atoms in total. The molecule has 0 radical (unpaired) electrons. The lowest BCUT2D eigenvalue weighted by Crippen LogP contribution is -2.44. The minimum absolute atomic E-state index is 0.0648. The molecule has 8 heteroatoms. The summed E-state index contributed by atoms with van der Waals surface area (Å²) in [4.78, 5) is 39.0. The first-order chi connectivity index (χ1) is 15.0. The first kappa shape index (κ1) is 24.0. The van der Waals surface area contributed by atoms with Gasteiger partial charge in [0, 0.05) is 23.8 Å². The second-order valence-electron chi connectivity index (χ2n) is 9.57. The molecule has 3 rings (SSSR count). The molecule has 1 aromatic carbocycles. The van der Waals surface area contributed by atoms with Crippen molar-refractivity contribution < 1.29 is 24.0 Å². The Kier molecular flexibility index (Phi) is 7.08. The Morgan fingerprint density at radius 1 is 1.25 bits per heavy atom. The number of nitrogens with one attached hydrogen (secondary N) is 1. The van der Waals surface area contributed by atoms with Gasteiger partial charge in [0.15, 0.2) is 11.5 Å². The van der Waals surface area contributed by atoms with Crippen molar-refractivity contribution in [3.63, 3.8) is 0 Å². The van der Waals surface area contributed by atoms with Crippen LogP contribution < -0.4 is 5.32 Å². The number of ketones is 2. The zero-order chi connectivity index (χ0) is 23.6. The molecule has 0 spiro atoms. The fourth-order valence-corrected chi connectivity index (χ4v) is 3.95. The highest BCUT2D eigenvalue weighted by Gasteiger charge is 2.42. The molecule has 1 fully saturated rings. The standard InChI is InChI=1S/C24H29ClN2O5/c1-13-9-19(27-32-13)23(31)26-18(11-14-5-8-20(28)17(25)10-14)21(29)12-16(15-6-7-15)22(30)24(2,3)4/h5,8-10,15-16,18,28H,6-7,11-12H2,1-4H3,(H,26,31)/t16-,18-/m0/s1. The summed E-state index contributed by atoms with van der Waals surface area (Å²) < 4.78 is 4.96. The van der Waals surface area contributed by atoms with Gasteiger partial charge in [-0.2, -0.15) is 0 Å². The summed E-state index contributed by atoms with van der Waals surface area (Å²) in [5.74, 6) is -0.425. The van der Waals surface area contributed by atoms with Gasteiger partial charge in [0.1, 0.15) is 17.3 Å². The largest absolute Gasteiger partial charge is 0.506 e. The maximum absolute atomic E-state index is 13.4. The van der Waals surface area contributed by atoms with Crippen molar-refractivity contribution in [2.45, 2.75) is 59.4 Å². The fraction of sp³-hybridized carbons (Fsp3) is 0.500. The minimum Gasteiger partial charge on any atom is -0.506 e. The second kappa shape index (κ2) is 9.45. The molecule has 2 aromatic rings. The number of nitrogens with zero attached hydrogens (tertiary/aromatic N) is 1. The first-order valence-electron chi connectivity index (χ1n) is 10.7. The highest BCUT2D eigenvalue weighted by molar-refractivity contribution is 6.32. The number of Topliss-reactive ketones (excluding diaryl/α,β-unsaturated/α-hetero) is 2. The summed E-state index contributed by atoms with van der Waals surface area (Å²) in [5.41, 5.74) is 0.205. The summed E-state index contributed by atoms with van der Waals surface area (Å²) in [6.45, 7) is 7.25. The van der Waals surface area contributed by atoms with Crippen molar-refractivity contribution in [3.05, 3.63) is 46.3 Å². The van der Waals surface area contributed by atoms with Crippen LogP contribution in [0.1, 0.15) is 61.8 Å². The molecular formula is C24H29ClN2O5. The number of hydrogen-bond acceptors (Lipinski definition) is 6. The number of aromatic hydroxyl groups is 1. The van der Waals surface area contributed by atoms with Crippen LogP contribution in [0.5, 0.6) is 5.75 Å². The maximum atomic E-state index is 13.4. The zero-order valence-corrected chi connectivity index (χ0v) is 19.5. The Morgan fingerprint density at radius 3 is 2.47 bits per heavy atom. The lowest BCUT2D eigenvalue weighted by atomic mass is 9.78. The highest BCUT2D eigenvalue weighted by Crippen LogP contribution is 2.42. The Morgan fingerprint density at radius 2 is 1.94 bits per heavy atom. The quantitative estimate of drug-likeness (QED) is 0.577. The van der Waals surface area contributed by atoms with E-state index in [4.69, 9.17) is 16.1 Å². The van der Waals surface area contributed by atoms with Crippen LogP contribution in [-0.2, 0) is 16.0 Å². The van der Waals surface area contributed by atoms with E-state index in [9.17, 15) is 19.5 Å². The normalized spacial score (nSPS) is 15.8. The number of rotatable bonds is 9. The molecule has 1 aromatic heterocycles. The van der Waals surface area contributed by atoms with Crippen LogP contribution in [-0.4, -0.2) is 33.8 Å². The third kappa shape index (κ3) is 5.97. The zero-order valence-electron chi connectivity index (χ0n) is 18.8. The Bertz CT molecular complexity index is 1020. The summed E-state index contributed by atoms with van der Waals surface area (Å²) in [5, 5.41) is 16.3. The van der Waals surface area contributed by atoms with E-state index in [0.717, 1.165) is 12.8 Å². The number of phenols is 1. The number of carbonyl (C=O) groups excluding carboxylic acids is 3. The second-order valence-corrected chi connectivity index (χ2v) is 9.97. The molecule has 0 saturated heterocycles. The van der Waals surface area contributed by atoms with Crippen LogP contribution in [0.4, 0.5) is 0 Å². The average molecular weight is 461 g/mol. The number of halogens is 1. The molecule has 0 unspecified atom stereocenters. The van der Waals surface area contributed by atoms with Gasteiger partial charge in [-0.3, -0.25) is 14.4 Å². The van der Waals surface area contributed by atoms with E-state index in [1.165, 1.54) is 12.1 Å². The number of aryl methyl sites for hydroxylation is 1. The lowest BCUT2D eigenvalue weighted by Gasteiger charge is -2.26. The monoisotopic (exact) mass is 460 g/mol. The Hall–Kier alpha value is -2.67. The molecule has 0 bridgehead atoms. The van der Waals surface area contributed by atoms with Crippen LogP contribution in [0, 0.1) is 24.2 Å². The van der Waals surface area contributed by atoms with Crippen LogP contribution in [0.3, 0.4) is 0 Å². The van der Waals surface area contributed by atoms with Crippen molar-refractivity contribution in [1.29, 1.82) is 0 Å². The average Bonchev–Trinajstić information content (AvgIpc) is 3.46. The summed E-state index contributed by atoms with van der Waals surface area (Å²) >= 11 is 6.02. The van der Waals surface area contributed by atoms with Crippen molar-refractivity contribution in [1.82, 2.24) is 10.5 Å². The predicted molar refractivity (Wildman–Crippen MR) is 120 cm³/mol. The molecule has 1 heterocycles. The number of amides is 1. The van der Waals surface area contributed by atoms with Gasteiger partial charge in [-0.05, 0) is 49.8 Å². The topological polar surface area (TPSA) is 110 Å². The van der Waals surface area contributed by atoms with Crippen molar-refractivity contribution >= 4 is 29.1 Å². The van der Waals surface area contributed by atoms with Crippen LogP contribution in [0.15, 0.2) is 28.8 Å². The van der Waals surface area contributed by atoms with E-state index in [2.05, 4.69) is 10.5 Å². The smallest absolute Gasteiger partial charge is 0.274 e. The van der Waals surface area contributed by atoms with Gasteiger partial charge in [-0.1, -0.05) is 43.6 Å². The van der Waals surface area contributed by atoms with Crippen molar-refractivity contribution in [2.24, 2.45) is 17.3 Å². The SMILES string of the molecule is Cc1cc(C(=O)N[C@@H](Cc2ccc(O)c(Cl)c2)C(=O)C[C@H](C(=O)C(C)(C)C)C2CC2)no1. The molecular weight excluding hydrogens is 432 g/mol. The Balaban J connectivity index is 1.82. The van der Waals surface area contributed by atoms with E-state index in [1.807, 2.05) is 20.8 Å². The molecule has 2 N–H and O–H groups in total. The summed E-state index contributed by atoms with van der Waals surface area (Å²) in [7, 11) is 0. The number of phenolic OH excluding ortho intramolecular Hbond substituents is 1. The molecule has 1 amide bonds. The summed E-state index contributed by atoms with van der Waals surface area (Å²) in [6.07, 6.45) is 2.10. The molecule has 0 aliphatic heterocycles.